The van der Waals surface area contributed by atoms with Crippen molar-refractivity contribution in [3.8, 4) is 0 Å². The van der Waals surface area contributed by atoms with Gasteiger partial charge in [0.1, 0.15) is 0 Å². The van der Waals surface area contributed by atoms with E-state index in [4.69, 9.17) is 14.2 Å². The van der Waals surface area contributed by atoms with Gasteiger partial charge in [0.25, 0.3) is 0 Å². The molecule has 0 bridgehead atoms. The van der Waals surface area contributed by atoms with Crippen molar-refractivity contribution in [1.82, 2.24) is 0 Å². The van der Waals surface area contributed by atoms with Crippen LogP contribution >= 0.6 is 0 Å². The minimum atomic E-state index is 0.136. The van der Waals surface area contributed by atoms with Crippen LogP contribution in [0.5, 0.6) is 0 Å². The fourth-order valence-electron chi connectivity index (χ4n) is 1.32. The van der Waals surface area contributed by atoms with E-state index in [1.54, 1.807) is 0 Å². The van der Waals surface area contributed by atoms with Crippen molar-refractivity contribution in [2.24, 2.45) is 5.92 Å². The number of hydrogen-bond donors (Lipinski definition) is 0. The second-order valence-corrected chi connectivity index (χ2v) is 5.07. The molecule has 0 saturated carbocycles. The van der Waals surface area contributed by atoms with Crippen LogP contribution in [0.15, 0.2) is 0 Å². The first-order valence-corrected chi connectivity index (χ1v) is 6.26. The van der Waals surface area contributed by atoms with Gasteiger partial charge in [-0.05, 0) is 33.6 Å². The number of ether oxygens (including phenoxy) is 3. The van der Waals surface area contributed by atoms with Crippen molar-refractivity contribution in [3.05, 3.63) is 0 Å². The van der Waals surface area contributed by atoms with Crippen molar-refractivity contribution in [3.63, 3.8) is 0 Å². The van der Waals surface area contributed by atoms with Crippen LogP contribution in [0.2, 0.25) is 0 Å². The van der Waals surface area contributed by atoms with E-state index in [2.05, 4.69) is 13.8 Å². The van der Waals surface area contributed by atoms with Gasteiger partial charge in [0.2, 0.25) is 0 Å². The van der Waals surface area contributed by atoms with E-state index in [1.807, 2.05) is 27.7 Å². The summed E-state index contributed by atoms with van der Waals surface area (Å²) >= 11 is 0. The lowest BCUT2D eigenvalue weighted by Crippen LogP contribution is -2.25. The van der Waals surface area contributed by atoms with Crippen molar-refractivity contribution >= 4 is 0 Å². The lowest BCUT2D eigenvalue weighted by Gasteiger charge is -2.19. The molecular weight excluding hydrogens is 204 g/mol. The summed E-state index contributed by atoms with van der Waals surface area (Å²) in [5, 5.41) is 0. The Hall–Kier alpha value is -0.120. The summed E-state index contributed by atoms with van der Waals surface area (Å²) in [5.41, 5.74) is 0. The third-order valence-electron chi connectivity index (χ3n) is 1.92. The van der Waals surface area contributed by atoms with E-state index in [0.29, 0.717) is 19.1 Å². The van der Waals surface area contributed by atoms with Gasteiger partial charge in [-0.1, -0.05) is 13.8 Å². The Labute approximate surface area is 100 Å². The van der Waals surface area contributed by atoms with Gasteiger partial charge in [0.05, 0.1) is 31.5 Å². The highest BCUT2D eigenvalue weighted by Crippen LogP contribution is 2.01. The molecule has 0 saturated heterocycles. The zero-order valence-corrected chi connectivity index (χ0v) is 11.7. The van der Waals surface area contributed by atoms with Gasteiger partial charge < -0.3 is 14.2 Å². The predicted octanol–water partition coefficient (Wildman–Crippen LogP) is 2.88. The van der Waals surface area contributed by atoms with Crippen molar-refractivity contribution in [2.75, 3.05) is 19.8 Å². The Balaban J connectivity index is 3.45. The first kappa shape index (κ1) is 15.9. The number of rotatable bonds is 9. The zero-order chi connectivity index (χ0) is 12.6. The summed E-state index contributed by atoms with van der Waals surface area (Å²) < 4.78 is 16.7. The Kier molecular flexibility index (Phi) is 8.90. The van der Waals surface area contributed by atoms with Crippen LogP contribution in [0.25, 0.3) is 0 Å². The molecule has 0 aromatic rings. The molecule has 0 aliphatic rings. The summed E-state index contributed by atoms with van der Waals surface area (Å²) in [6, 6.07) is 0. The minimum Gasteiger partial charge on any atom is -0.379 e. The first-order valence-electron chi connectivity index (χ1n) is 6.26. The molecule has 0 heterocycles. The molecule has 3 heteroatoms. The Bertz CT molecular complexity index is 157. The minimum absolute atomic E-state index is 0.136. The highest BCUT2D eigenvalue weighted by molar-refractivity contribution is 4.54. The molecule has 16 heavy (non-hydrogen) atoms. The van der Waals surface area contributed by atoms with Gasteiger partial charge in [-0.25, -0.2) is 0 Å². The summed E-state index contributed by atoms with van der Waals surface area (Å²) in [4.78, 5) is 0. The summed E-state index contributed by atoms with van der Waals surface area (Å²) in [7, 11) is 0. The molecule has 0 radical (unpaired) electrons. The van der Waals surface area contributed by atoms with Gasteiger partial charge in [-0.2, -0.15) is 0 Å². The summed E-state index contributed by atoms with van der Waals surface area (Å²) in [5.74, 6) is 0.579. The van der Waals surface area contributed by atoms with E-state index in [-0.39, 0.29) is 18.3 Å². The number of hydrogen-bond acceptors (Lipinski definition) is 3. The van der Waals surface area contributed by atoms with Gasteiger partial charge in [0, 0.05) is 6.61 Å². The van der Waals surface area contributed by atoms with Gasteiger partial charge in [0.15, 0.2) is 0 Å². The van der Waals surface area contributed by atoms with Gasteiger partial charge >= 0.3 is 0 Å². The van der Waals surface area contributed by atoms with E-state index in [0.717, 1.165) is 6.61 Å². The monoisotopic (exact) mass is 232 g/mol. The van der Waals surface area contributed by atoms with Gasteiger partial charge in [-0.15, -0.1) is 0 Å². The molecule has 0 aromatic heterocycles. The Morgan fingerprint density at radius 1 is 0.750 bits per heavy atom. The molecule has 2 unspecified atom stereocenters. The lowest BCUT2D eigenvalue weighted by atomic mass is 10.2. The largest absolute Gasteiger partial charge is 0.379 e. The Morgan fingerprint density at radius 3 is 1.88 bits per heavy atom. The maximum Gasteiger partial charge on any atom is 0.0784 e. The molecule has 0 aliphatic heterocycles. The molecule has 98 valence electrons. The van der Waals surface area contributed by atoms with E-state index in [1.165, 1.54) is 0 Å². The zero-order valence-electron chi connectivity index (χ0n) is 11.7. The summed E-state index contributed by atoms with van der Waals surface area (Å²) in [6.45, 7) is 14.5. The van der Waals surface area contributed by atoms with Crippen LogP contribution in [0.3, 0.4) is 0 Å². The van der Waals surface area contributed by atoms with E-state index >= 15 is 0 Å². The fourth-order valence-corrected chi connectivity index (χ4v) is 1.32. The summed E-state index contributed by atoms with van der Waals surface area (Å²) in [6.07, 6.45) is 0.538. The maximum atomic E-state index is 5.64. The molecule has 0 amide bonds. The third-order valence-corrected chi connectivity index (χ3v) is 1.92. The molecule has 0 spiro atoms. The molecule has 0 fully saturated rings. The standard InChI is InChI=1S/C13H28O3/c1-10(2)7-14-8-12(5)15-9-13(6)16-11(3)4/h10-13H,7-9H2,1-6H3. The normalized spacial score (nSPS) is 15.8. The molecular formula is C13H28O3. The van der Waals surface area contributed by atoms with Crippen LogP contribution in [0, 0.1) is 5.92 Å². The highest BCUT2D eigenvalue weighted by atomic mass is 16.6. The Morgan fingerprint density at radius 2 is 1.38 bits per heavy atom. The predicted molar refractivity (Wildman–Crippen MR) is 66.8 cm³/mol. The van der Waals surface area contributed by atoms with Gasteiger partial charge in [-0.3, -0.25) is 0 Å². The van der Waals surface area contributed by atoms with Crippen molar-refractivity contribution in [2.45, 2.75) is 59.9 Å². The molecule has 0 rings (SSSR count). The second kappa shape index (κ2) is 8.97. The van der Waals surface area contributed by atoms with Crippen LogP contribution in [0.4, 0.5) is 0 Å². The average molecular weight is 232 g/mol. The fraction of sp³-hybridized carbons (Fsp3) is 1.00. The van der Waals surface area contributed by atoms with E-state index in [9.17, 15) is 0 Å². The van der Waals surface area contributed by atoms with Crippen molar-refractivity contribution in [1.29, 1.82) is 0 Å². The molecule has 3 nitrogen and oxygen atoms in total. The molecule has 0 aromatic carbocycles. The quantitative estimate of drug-likeness (QED) is 0.612. The SMILES string of the molecule is CC(C)COCC(C)OCC(C)OC(C)C. The van der Waals surface area contributed by atoms with E-state index < -0.39 is 0 Å². The first-order chi connectivity index (χ1) is 7.41. The molecule has 0 N–H and O–H groups in total. The topological polar surface area (TPSA) is 27.7 Å². The molecule has 0 aliphatic carbocycles. The van der Waals surface area contributed by atoms with Crippen molar-refractivity contribution < 1.29 is 14.2 Å². The van der Waals surface area contributed by atoms with Crippen LogP contribution in [-0.4, -0.2) is 38.1 Å². The smallest absolute Gasteiger partial charge is 0.0784 e. The van der Waals surface area contributed by atoms with Crippen LogP contribution in [0.1, 0.15) is 41.5 Å². The maximum absolute atomic E-state index is 5.64. The molecule has 2 atom stereocenters. The third kappa shape index (κ3) is 10.4. The van der Waals surface area contributed by atoms with Crippen LogP contribution < -0.4 is 0 Å². The highest BCUT2D eigenvalue weighted by Gasteiger charge is 2.08. The van der Waals surface area contributed by atoms with Crippen LogP contribution in [-0.2, 0) is 14.2 Å². The lowest BCUT2D eigenvalue weighted by molar-refractivity contribution is -0.0731. The average Bonchev–Trinajstić information content (AvgIpc) is 2.13. The second-order valence-electron chi connectivity index (χ2n) is 5.07.